The largest absolute Gasteiger partial charge is 0.367 e. The third-order valence-electron chi connectivity index (χ3n) is 4.95. The highest BCUT2D eigenvalue weighted by atomic mass is 35.5. The number of aromatic nitrogens is 2. The monoisotopic (exact) mass is 475 g/mol. The Morgan fingerprint density at radius 3 is 2.15 bits per heavy atom. The van der Waals surface area contributed by atoms with Gasteiger partial charge in [-0.15, -0.1) is 0 Å². The number of benzene rings is 3. The fourth-order valence-corrected chi connectivity index (χ4v) is 3.47. The van der Waals surface area contributed by atoms with E-state index < -0.39 is 4.92 Å². The molecule has 0 spiro atoms. The van der Waals surface area contributed by atoms with Crippen molar-refractivity contribution in [1.29, 1.82) is 0 Å². The van der Waals surface area contributed by atoms with Crippen molar-refractivity contribution >= 4 is 34.7 Å². The number of rotatable bonds is 10. The van der Waals surface area contributed by atoms with Gasteiger partial charge in [-0.2, -0.15) is 4.98 Å². The van der Waals surface area contributed by atoms with Crippen LogP contribution in [0.1, 0.15) is 17.2 Å². The van der Waals surface area contributed by atoms with E-state index in [1.165, 1.54) is 6.20 Å². The number of nitrogens with zero attached hydrogens (tertiary/aromatic N) is 3. The third kappa shape index (κ3) is 6.06. The maximum absolute atomic E-state index is 11.5. The van der Waals surface area contributed by atoms with Crippen molar-refractivity contribution in [3.63, 3.8) is 0 Å². The Bertz CT molecular complexity index is 1190. The normalized spacial score (nSPS) is 10.8. The van der Waals surface area contributed by atoms with Crippen LogP contribution < -0.4 is 10.6 Å². The Hall–Kier alpha value is -4.01. The van der Waals surface area contributed by atoms with Gasteiger partial charge in [-0.3, -0.25) is 10.1 Å². The van der Waals surface area contributed by atoms with Gasteiger partial charge in [0, 0.05) is 17.3 Å². The average Bonchev–Trinajstić information content (AvgIpc) is 2.86. The summed E-state index contributed by atoms with van der Waals surface area (Å²) >= 11 is 5.91. The molecule has 172 valence electrons. The first-order valence-corrected chi connectivity index (χ1v) is 11.0. The molecule has 1 aromatic heterocycles. The first kappa shape index (κ1) is 23.2. The van der Waals surface area contributed by atoms with Crippen LogP contribution in [-0.2, 0) is 4.74 Å². The average molecular weight is 476 g/mol. The summed E-state index contributed by atoms with van der Waals surface area (Å²) in [6.45, 7) is 0.615. The Balaban J connectivity index is 1.44. The number of hydrogen-bond donors (Lipinski definition) is 2. The van der Waals surface area contributed by atoms with Gasteiger partial charge >= 0.3 is 5.69 Å². The van der Waals surface area contributed by atoms with E-state index in [-0.39, 0.29) is 23.6 Å². The summed E-state index contributed by atoms with van der Waals surface area (Å²) in [5.74, 6) is 0.332. The molecule has 9 heteroatoms. The van der Waals surface area contributed by atoms with Crippen molar-refractivity contribution in [2.75, 3.05) is 23.8 Å². The summed E-state index contributed by atoms with van der Waals surface area (Å²) in [4.78, 5) is 19.3. The summed E-state index contributed by atoms with van der Waals surface area (Å²) in [5.41, 5.74) is 2.54. The Labute approximate surface area is 201 Å². The lowest BCUT2D eigenvalue weighted by Crippen LogP contribution is -2.16. The maximum atomic E-state index is 11.5. The van der Waals surface area contributed by atoms with Gasteiger partial charge in [0.2, 0.25) is 11.8 Å². The fraction of sp³-hybridized carbons (Fsp3) is 0.120. The van der Waals surface area contributed by atoms with E-state index in [9.17, 15) is 10.1 Å². The molecule has 0 aliphatic carbocycles. The predicted octanol–water partition coefficient (Wildman–Crippen LogP) is 6.00. The maximum Gasteiger partial charge on any atom is 0.329 e. The fourth-order valence-electron chi connectivity index (χ4n) is 3.35. The van der Waals surface area contributed by atoms with Crippen molar-refractivity contribution < 1.29 is 9.66 Å². The van der Waals surface area contributed by atoms with Crippen molar-refractivity contribution in [2.24, 2.45) is 0 Å². The smallest absolute Gasteiger partial charge is 0.329 e. The minimum atomic E-state index is -0.522. The summed E-state index contributed by atoms with van der Waals surface area (Å²) in [7, 11) is 0. The summed E-state index contributed by atoms with van der Waals surface area (Å²) in [5, 5.41) is 18.1. The molecule has 4 aromatic rings. The van der Waals surface area contributed by atoms with E-state index >= 15 is 0 Å². The lowest BCUT2D eigenvalue weighted by atomic mass is 10.0. The molecule has 0 unspecified atom stereocenters. The SMILES string of the molecule is O=[N+]([O-])c1cnc(Nc2ccc(Cl)cc2)nc1NCCOC(c1ccccc1)c1ccccc1. The zero-order valence-electron chi connectivity index (χ0n) is 18.1. The van der Waals surface area contributed by atoms with Gasteiger partial charge in [-0.05, 0) is 35.4 Å². The molecular formula is C25H22ClN5O3. The van der Waals surface area contributed by atoms with Crippen LogP contribution in [0.15, 0.2) is 91.1 Å². The summed E-state index contributed by atoms with van der Waals surface area (Å²) in [6, 6.07) is 26.8. The van der Waals surface area contributed by atoms with E-state index in [0.717, 1.165) is 11.1 Å². The Morgan fingerprint density at radius 1 is 0.941 bits per heavy atom. The third-order valence-corrected chi connectivity index (χ3v) is 5.20. The van der Waals surface area contributed by atoms with E-state index in [1.54, 1.807) is 24.3 Å². The molecule has 0 fully saturated rings. The number of ether oxygens (including phenoxy) is 1. The predicted molar refractivity (Wildman–Crippen MR) is 133 cm³/mol. The standard InChI is InChI=1S/C25H22ClN5O3/c26-20-11-13-21(14-12-20)29-25-28-17-22(31(32)33)24(30-25)27-15-16-34-23(18-7-3-1-4-8-18)19-9-5-2-6-10-19/h1-14,17,23H,15-16H2,(H2,27,28,29,30). The molecule has 0 radical (unpaired) electrons. The van der Waals surface area contributed by atoms with E-state index in [2.05, 4.69) is 20.6 Å². The second kappa shape index (κ2) is 11.2. The van der Waals surface area contributed by atoms with Gasteiger partial charge in [0.1, 0.15) is 12.3 Å². The van der Waals surface area contributed by atoms with Gasteiger partial charge in [-0.25, -0.2) is 4.98 Å². The molecule has 4 rings (SSSR count). The first-order chi connectivity index (χ1) is 16.6. The molecule has 0 aliphatic rings. The molecule has 8 nitrogen and oxygen atoms in total. The highest BCUT2D eigenvalue weighted by Crippen LogP contribution is 2.27. The molecule has 0 bridgehead atoms. The van der Waals surface area contributed by atoms with Crippen LogP contribution in [0.3, 0.4) is 0 Å². The van der Waals surface area contributed by atoms with Crippen LogP contribution in [0.5, 0.6) is 0 Å². The second-order valence-electron chi connectivity index (χ2n) is 7.32. The minimum absolute atomic E-state index is 0.107. The summed E-state index contributed by atoms with van der Waals surface area (Å²) in [6.07, 6.45) is 0.914. The van der Waals surface area contributed by atoms with E-state index in [1.807, 2.05) is 60.7 Å². The van der Waals surface area contributed by atoms with E-state index in [4.69, 9.17) is 16.3 Å². The molecule has 34 heavy (non-hydrogen) atoms. The highest BCUT2D eigenvalue weighted by molar-refractivity contribution is 6.30. The molecule has 2 N–H and O–H groups in total. The van der Waals surface area contributed by atoms with Crippen LogP contribution in [0.2, 0.25) is 5.02 Å². The second-order valence-corrected chi connectivity index (χ2v) is 7.75. The highest BCUT2D eigenvalue weighted by Gasteiger charge is 2.18. The molecule has 1 heterocycles. The topological polar surface area (TPSA) is 102 Å². The zero-order valence-corrected chi connectivity index (χ0v) is 18.9. The Kier molecular flexibility index (Phi) is 7.64. The van der Waals surface area contributed by atoms with Crippen LogP contribution in [0, 0.1) is 10.1 Å². The molecule has 0 atom stereocenters. The number of nitro groups is 1. The van der Waals surface area contributed by atoms with E-state index in [0.29, 0.717) is 23.9 Å². The van der Waals surface area contributed by atoms with Gasteiger partial charge in [0.05, 0.1) is 11.5 Å². The van der Waals surface area contributed by atoms with Gasteiger partial charge in [-0.1, -0.05) is 72.3 Å². The number of halogens is 1. The number of hydrogen-bond acceptors (Lipinski definition) is 7. The van der Waals surface area contributed by atoms with Crippen molar-refractivity contribution in [1.82, 2.24) is 9.97 Å². The quantitative estimate of drug-likeness (QED) is 0.165. The van der Waals surface area contributed by atoms with Gasteiger partial charge in [0.15, 0.2) is 0 Å². The zero-order chi connectivity index (χ0) is 23.8. The molecule has 0 aliphatic heterocycles. The lowest BCUT2D eigenvalue weighted by molar-refractivity contribution is -0.384. The Morgan fingerprint density at radius 2 is 1.56 bits per heavy atom. The van der Waals surface area contributed by atoms with Gasteiger partial charge in [0.25, 0.3) is 0 Å². The first-order valence-electron chi connectivity index (χ1n) is 10.6. The number of nitrogens with one attached hydrogen (secondary N) is 2. The van der Waals surface area contributed by atoms with Crippen molar-refractivity contribution in [2.45, 2.75) is 6.10 Å². The molecule has 0 amide bonds. The van der Waals surface area contributed by atoms with Crippen LogP contribution >= 0.6 is 11.6 Å². The van der Waals surface area contributed by atoms with Crippen molar-refractivity contribution in [3.05, 3.63) is 117 Å². The lowest BCUT2D eigenvalue weighted by Gasteiger charge is -2.19. The van der Waals surface area contributed by atoms with Crippen LogP contribution in [0.25, 0.3) is 0 Å². The van der Waals surface area contributed by atoms with Crippen LogP contribution in [0.4, 0.5) is 23.1 Å². The van der Waals surface area contributed by atoms with Crippen molar-refractivity contribution in [3.8, 4) is 0 Å². The molecule has 0 saturated heterocycles. The molecule has 3 aromatic carbocycles. The molecule has 0 saturated carbocycles. The van der Waals surface area contributed by atoms with Crippen LogP contribution in [-0.4, -0.2) is 28.0 Å². The number of anilines is 3. The molecular weight excluding hydrogens is 454 g/mol. The minimum Gasteiger partial charge on any atom is -0.367 e. The van der Waals surface area contributed by atoms with Gasteiger partial charge < -0.3 is 15.4 Å². The summed E-state index contributed by atoms with van der Waals surface area (Å²) < 4.78 is 6.17.